The third-order valence-corrected chi connectivity index (χ3v) is 4.74. The number of hydrogen-bond donors (Lipinski definition) is 2. The first-order chi connectivity index (χ1) is 8.60. The van der Waals surface area contributed by atoms with Gasteiger partial charge in [0, 0.05) is 11.3 Å². The highest BCUT2D eigenvalue weighted by atomic mass is 32.2. The molecule has 0 aromatic heterocycles. The molecule has 0 bridgehead atoms. The summed E-state index contributed by atoms with van der Waals surface area (Å²) in [7, 11) is 0. The Bertz CT molecular complexity index is 423. The van der Waals surface area contributed by atoms with Crippen molar-refractivity contribution >= 4 is 23.1 Å². The first-order valence-corrected chi connectivity index (χ1v) is 7.74. The molecule has 1 aliphatic carbocycles. The molecule has 4 heteroatoms. The lowest BCUT2D eigenvalue weighted by Gasteiger charge is -2.30. The van der Waals surface area contributed by atoms with Gasteiger partial charge in [-0.3, -0.25) is 0 Å². The lowest BCUT2D eigenvalue weighted by atomic mass is 9.94. The van der Waals surface area contributed by atoms with Crippen molar-refractivity contribution in [2.45, 2.75) is 43.9 Å². The van der Waals surface area contributed by atoms with Crippen molar-refractivity contribution in [3.63, 3.8) is 0 Å². The topological polar surface area (TPSA) is 38.0 Å². The molecular weight excluding hydrogens is 247 g/mol. The second-order valence-electron chi connectivity index (χ2n) is 5.05. The van der Waals surface area contributed by atoms with Gasteiger partial charge in [-0.25, -0.2) is 4.39 Å². The first-order valence-electron chi connectivity index (χ1n) is 6.45. The normalized spacial score (nSPS) is 23.9. The van der Waals surface area contributed by atoms with E-state index in [1.165, 1.54) is 25.3 Å². The summed E-state index contributed by atoms with van der Waals surface area (Å²) in [6.07, 6.45) is 7.06. The number of aryl methyl sites for hydroxylation is 1. The lowest BCUT2D eigenvalue weighted by molar-refractivity contribution is 0.473. The molecule has 2 unspecified atom stereocenters. The number of thioether (sulfide) groups is 1. The van der Waals surface area contributed by atoms with Gasteiger partial charge in [-0.2, -0.15) is 11.8 Å². The van der Waals surface area contributed by atoms with E-state index in [-0.39, 0.29) is 5.82 Å². The number of hydrogen-bond acceptors (Lipinski definition) is 3. The van der Waals surface area contributed by atoms with E-state index in [0.717, 1.165) is 17.4 Å². The Morgan fingerprint density at radius 2 is 2.17 bits per heavy atom. The molecule has 1 fully saturated rings. The third-order valence-electron chi connectivity index (χ3n) is 3.65. The minimum atomic E-state index is -0.233. The fourth-order valence-electron chi connectivity index (χ4n) is 2.53. The molecule has 0 amide bonds. The molecule has 2 atom stereocenters. The zero-order chi connectivity index (χ0) is 13.1. The van der Waals surface area contributed by atoms with Gasteiger partial charge in [-0.05, 0) is 50.1 Å². The fraction of sp³-hybridized carbons (Fsp3) is 0.571. The molecule has 1 saturated carbocycles. The summed E-state index contributed by atoms with van der Waals surface area (Å²) in [4.78, 5) is 0. The number of benzene rings is 1. The molecule has 1 aromatic rings. The SMILES string of the molecule is CSC1CCCC(Nc2cc(C)c(F)cc2N)C1. The Kier molecular flexibility index (Phi) is 4.38. The number of nitrogens with two attached hydrogens (primary N) is 1. The maximum atomic E-state index is 13.3. The summed E-state index contributed by atoms with van der Waals surface area (Å²) in [6, 6.07) is 3.68. The van der Waals surface area contributed by atoms with E-state index in [1.54, 1.807) is 6.92 Å². The van der Waals surface area contributed by atoms with Crippen LogP contribution < -0.4 is 11.1 Å². The monoisotopic (exact) mass is 268 g/mol. The quantitative estimate of drug-likeness (QED) is 0.819. The van der Waals surface area contributed by atoms with Crippen LogP contribution in [-0.2, 0) is 0 Å². The van der Waals surface area contributed by atoms with Crippen LogP contribution >= 0.6 is 11.8 Å². The molecule has 0 radical (unpaired) electrons. The number of halogens is 1. The van der Waals surface area contributed by atoms with Crippen LogP contribution in [0, 0.1) is 12.7 Å². The maximum absolute atomic E-state index is 13.3. The first kappa shape index (κ1) is 13.5. The Morgan fingerprint density at radius 1 is 1.39 bits per heavy atom. The van der Waals surface area contributed by atoms with E-state index in [1.807, 2.05) is 17.8 Å². The average Bonchev–Trinajstić information content (AvgIpc) is 2.36. The van der Waals surface area contributed by atoms with Crippen LogP contribution in [0.4, 0.5) is 15.8 Å². The highest BCUT2D eigenvalue weighted by Gasteiger charge is 2.21. The highest BCUT2D eigenvalue weighted by Crippen LogP contribution is 2.31. The van der Waals surface area contributed by atoms with Crippen molar-refractivity contribution in [1.82, 2.24) is 0 Å². The van der Waals surface area contributed by atoms with Gasteiger partial charge in [0.25, 0.3) is 0 Å². The van der Waals surface area contributed by atoms with E-state index >= 15 is 0 Å². The number of anilines is 2. The van der Waals surface area contributed by atoms with E-state index in [4.69, 9.17) is 5.73 Å². The summed E-state index contributed by atoms with van der Waals surface area (Å²) in [5.74, 6) is -0.233. The molecule has 0 aliphatic heterocycles. The predicted octanol–water partition coefficient (Wildman–Crippen LogP) is 3.80. The molecule has 3 N–H and O–H groups in total. The van der Waals surface area contributed by atoms with Crippen molar-refractivity contribution in [3.8, 4) is 0 Å². The summed E-state index contributed by atoms with van der Waals surface area (Å²) in [5, 5.41) is 4.21. The van der Waals surface area contributed by atoms with Gasteiger partial charge >= 0.3 is 0 Å². The standard InChI is InChI=1S/C14H21FN2S/c1-9-6-14(13(16)8-12(9)15)17-10-4-3-5-11(7-10)18-2/h6,8,10-11,17H,3-5,7,16H2,1-2H3. The van der Waals surface area contributed by atoms with Crippen molar-refractivity contribution in [2.75, 3.05) is 17.3 Å². The van der Waals surface area contributed by atoms with Crippen molar-refractivity contribution < 1.29 is 4.39 Å². The Labute approximate surface area is 113 Å². The highest BCUT2D eigenvalue weighted by molar-refractivity contribution is 7.99. The maximum Gasteiger partial charge on any atom is 0.128 e. The number of nitrogen functional groups attached to an aromatic ring is 1. The van der Waals surface area contributed by atoms with Gasteiger partial charge in [-0.1, -0.05) is 6.42 Å². The zero-order valence-electron chi connectivity index (χ0n) is 11.0. The van der Waals surface area contributed by atoms with E-state index < -0.39 is 0 Å². The van der Waals surface area contributed by atoms with Crippen LogP contribution in [0.25, 0.3) is 0 Å². The molecule has 2 nitrogen and oxygen atoms in total. The van der Waals surface area contributed by atoms with Crippen molar-refractivity contribution in [3.05, 3.63) is 23.5 Å². The minimum Gasteiger partial charge on any atom is -0.397 e. The van der Waals surface area contributed by atoms with Gasteiger partial charge in [0.1, 0.15) is 5.82 Å². The molecule has 0 spiro atoms. The second-order valence-corrected chi connectivity index (χ2v) is 6.19. The van der Waals surface area contributed by atoms with E-state index in [9.17, 15) is 4.39 Å². The number of rotatable bonds is 3. The van der Waals surface area contributed by atoms with Crippen LogP contribution in [0.3, 0.4) is 0 Å². The second kappa shape index (κ2) is 5.83. The van der Waals surface area contributed by atoms with Gasteiger partial charge in [-0.15, -0.1) is 0 Å². The van der Waals surface area contributed by atoms with E-state index in [0.29, 0.717) is 17.3 Å². The van der Waals surface area contributed by atoms with Gasteiger partial charge in [0.2, 0.25) is 0 Å². The lowest BCUT2D eigenvalue weighted by Crippen LogP contribution is -2.28. The zero-order valence-corrected chi connectivity index (χ0v) is 11.8. The number of nitrogens with one attached hydrogen (secondary N) is 1. The van der Waals surface area contributed by atoms with Crippen molar-refractivity contribution in [2.24, 2.45) is 0 Å². The third kappa shape index (κ3) is 3.10. The smallest absolute Gasteiger partial charge is 0.128 e. The Hall–Kier alpha value is -0.900. The molecule has 18 heavy (non-hydrogen) atoms. The van der Waals surface area contributed by atoms with Crippen LogP contribution in [0.2, 0.25) is 0 Å². The molecular formula is C14H21FN2S. The van der Waals surface area contributed by atoms with Gasteiger partial charge in [0.05, 0.1) is 11.4 Å². The largest absolute Gasteiger partial charge is 0.397 e. The van der Waals surface area contributed by atoms with Gasteiger partial charge < -0.3 is 11.1 Å². The van der Waals surface area contributed by atoms with Gasteiger partial charge in [0.15, 0.2) is 0 Å². The fourth-order valence-corrected chi connectivity index (χ4v) is 3.36. The minimum absolute atomic E-state index is 0.233. The summed E-state index contributed by atoms with van der Waals surface area (Å²) >= 11 is 1.94. The van der Waals surface area contributed by atoms with E-state index in [2.05, 4.69) is 11.6 Å². The molecule has 100 valence electrons. The average molecular weight is 268 g/mol. The van der Waals surface area contributed by atoms with Crippen LogP contribution in [0.5, 0.6) is 0 Å². The molecule has 1 aliphatic rings. The Balaban J connectivity index is 2.07. The summed E-state index contributed by atoms with van der Waals surface area (Å²) in [6.45, 7) is 1.77. The van der Waals surface area contributed by atoms with Crippen LogP contribution in [-0.4, -0.2) is 17.5 Å². The summed E-state index contributed by atoms with van der Waals surface area (Å²) < 4.78 is 13.3. The molecule has 0 saturated heterocycles. The Morgan fingerprint density at radius 3 is 2.89 bits per heavy atom. The summed E-state index contributed by atoms with van der Waals surface area (Å²) in [5.41, 5.74) is 7.89. The van der Waals surface area contributed by atoms with Crippen LogP contribution in [0.15, 0.2) is 12.1 Å². The van der Waals surface area contributed by atoms with Crippen molar-refractivity contribution in [1.29, 1.82) is 0 Å². The molecule has 0 heterocycles. The molecule has 2 rings (SSSR count). The van der Waals surface area contributed by atoms with Crippen LogP contribution in [0.1, 0.15) is 31.2 Å². The molecule has 1 aromatic carbocycles. The predicted molar refractivity (Wildman–Crippen MR) is 78.7 cm³/mol.